The zero-order valence-electron chi connectivity index (χ0n) is 21.9. The highest BCUT2D eigenvalue weighted by Gasteiger charge is 2.40. The van der Waals surface area contributed by atoms with Gasteiger partial charge in [0.05, 0.1) is 0 Å². The highest BCUT2D eigenvalue weighted by molar-refractivity contribution is 5.84. The number of rotatable bonds is 7. The highest BCUT2D eigenvalue weighted by Crippen LogP contribution is 2.50. The van der Waals surface area contributed by atoms with E-state index in [1.807, 2.05) is 12.1 Å². The molecule has 6 rings (SSSR count). The number of ether oxygens (including phenoxy) is 1. The van der Waals surface area contributed by atoms with Crippen LogP contribution in [0.25, 0.3) is 17.7 Å². The minimum absolute atomic E-state index is 0.454. The maximum absolute atomic E-state index is 11.4. The maximum Gasteiger partial charge on any atom is 0.335 e. The van der Waals surface area contributed by atoms with Crippen molar-refractivity contribution < 1.29 is 9.53 Å². The summed E-state index contributed by atoms with van der Waals surface area (Å²) in [6, 6.07) is 36.3. The lowest BCUT2D eigenvalue weighted by atomic mass is 9.95. The smallest absolute Gasteiger partial charge is 0.335 e. The lowest BCUT2D eigenvalue weighted by molar-refractivity contribution is -0.128. The Morgan fingerprint density at radius 2 is 1.44 bits per heavy atom. The maximum atomic E-state index is 11.4. The second kappa shape index (κ2) is 11.0. The summed E-state index contributed by atoms with van der Waals surface area (Å²) in [6.07, 6.45) is 11.5. The summed E-state index contributed by atoms with van der Waals surface area (Å²) in [5, 5.41) is 0. The van der Waals surface area contributed by atoms with Crippen molar-refractivity contribution in [1.29, 1.82) is 0 Å². The van der Waals surface area contributed by atoms with Crippen molar-refractivity contribution in [3.8, 4) is 5.75 Å². The van der Waals surface area contributed by atoms with Crippen LogP contribution >= 0.6 is 0 Å². The van der Waals surface area contributed by atoms with Gasteiger partial charge < -0.3 is 9.64 Å². The van der Waals surface area contributed by atoms with Gasteiger partial charge in [-0.3, -0.25) is 0 Å². The minimum Gasteiger partial charge on any atom is -0.423 e. The summed E-state index contributed by atoms with van der Waals surface area (Å²) in [7, 11) is 0. The number of benzene rings is 4. The zero-order valence-corrected chi connectivity index (χ0v) is 21.9. The largest absolute Gasteiger partial charge is 0.423 e. The van der Waals surface area contributed by atoms with E-state index in [0.717, 1.165) is 11.6 Å². The molecule has 0 spiro atoms. The number of hydrogen-bond donors (Lipinski definition) is 0. The summed E-state index contributed by atoms with van der Waals surface area (Å²) < 4.78 is 5.18. The molecule has 0 saturated heterocycles. The van der Waals surface area contributed by atoms with Crippen LogP contribution < -0.4 is 9.64 Å². The molecule has 4 aromatic carbocycles. The van der Waals surface area contributed by atoms with Crippen LogP contribution in [0.4, 0.5) is 5.69 Å². The van der Waals surface area contributed by atoms with Gasteiger partial charge in [0.2, 0.25) is 0 Å². The molecule has 0 radical (unpaired) electrons. The molecule has 2 unspecified atom stereocenters. The Bertz CT molecular complexity index is 1490. The molecule has 4 aromatic rings. The van der Waals surface area contributed by atoms with Crippen molar-refractivity contribution in [2.24, 2.45) is 0 Å². The Morgan fingerprint density at radius 1 is 0.795 bits per heavy atom. The van der Waals surface area contributed by atoms with Gasteiger partial charge in [-0.15, -0.1) is 0 Å². The first kappa shape index (κ1) is 24.7. The third-order valence-corrected chi connectivity index (χ3v) is 7.74. The van der Waals surface area contributed by atoms with Gasteiger partial charge in [-0.05, 0) is 64.9 Å². The lowest BCUT2D eigenvalue weighted by Gasteiger charge is -2.25. The molecule has 192 valence electrons. The van der Waals surface area contributed by atoms with Crippen molar-refractivity contribution in [2.45, 2.75) is 31.2 Å². The Kier molecular flexibility index (Phi) is 6.97. The average molecular weight is 510 g/mol. The lowest BCUT2D eigenvalue weighted by Crippen LogP contribution is -2.26. The standard InChI is InChI=1S/C36H31NO2/c1-2-36(38)39-30-21-18-26(19-22-30)16-17-27-20-23-35-32(24-27)31-14-9-15-34(31)37(35)25-33(28-10-5-3-6-11-28)29-12-7-4-8-13-29/h2-8,10-13,16-25,31,34H,1,9,14-15H2. The molecule has 1 aliphatic heterocycles. The van der Waals surface area contributed by atoms with E-state index in [1.165, 1.54) is 52.8 Å². The molecule has 0 bridgehead atoms. The minimum atomic E-state index is -0.454. The van der Waals surface area contributed by atoms with Crippen LogP contribution in [0.5, 0.6) is 5.75 Å². The van der Waals surface area contributed by atoms with E-state index >= 15 is 0 Å². The van der Waals surface area contributed by atoms with Gasteiger partial charge in [0.1, 0.15) is 5.75 Å². The van der Waals surface area contributed by atoms with Crippen LogP contribution in [0.1, 0.15) is 53.0 Å². The first-order chi connectivity index (χ1) is 19.2. The summed E-state index contributed by atoms with van der Waals surface area (Å²) in [4.78, 5) is 14.0. The number of carbonyl (C=O) groups excluding carboxylic acids is 1. The van der Waals surface area contributed by atoms with Crippen LogP contribution in [0, 0.1) is 0 Å². The van der Waals surface area contributed by atoms with E-state index in [-0.39, 0.29) is 0 Å². The second-order valence-electron chi connectivity index (χ2n) is 10.1. The Morgan fingerprint density at radius 3 is 2.10 bits per heavy atom. The topological polar surface area (TPSA) is 29.5 Å². The zero-order chi connectivity index (χ0) is 26.6. The van der Waals surface area contributed by atoms with Crippen molar-refractivity contribution >= 4 is 29.4 Å². The number of hydrogen-bond acceptors (Lipinski definition) is 3. The van der Waals surface area contributed by atoms with E-state index in [0.29, 0.717) is 17.7 Å². The predicted octanol–water partition coefficient (Wildman–Crippen LogP) is 8.49. The number of esters is 1. The summed E-state index contributed by atoms with van der Waals surface area (Å²) >= 11 is 0. The number of fused-ring (bicyclic) bond motifs is 3. The molecule has 1 fully saturated rings. The Labute approximate surface area is 230 Å². The fourth-order valence-electron chi connectivity index (χ4n) is 5.88. The van der Waals surface area contributed by atoms with E-state index < -0.39 is 5.97 Å². The highest BCUT2D eigenvalue weighted by atomic mass is 16.5. The first-order valence-electron chi connectivity index (χ1n) is 13.6. The molecule has 1 aliphatic carbocycles. The fraction of sp³-hybridized carbons (Fsp3) is 0.139. The van der Waals surface area contributed by atoms with Crippen LogP contribution in [-0.4, -0.2) is 12.0 Å². The van der Waals surface area contributed by atoms with Gasteiger partial charge in [-0.25, -0.2) is 4.79 Å². The van der Waals surface area contributed by atoms with Gasteiger partial charge in [-0.1, -0.05) is 104 Å². The van der Waals surface area contributed by atoms with E-state index in [1.54, 1.807) is 12.1 Å². The average Bonchev–Trinajstić information content (AvgIpc) is 3.58. The van der Waals surface area contributed by atoms with Crippen molar-refractivity contribution in [2.75, 3.05) is 4.90 Å². The Balaban J connectivity index is 1.31. The molecule has 39 heavy (non-hydrogen) atoms. The van der Waals surface area contributed by atoms with Crippen LogP contribution in [0.15, 0.2) is 122 Å². The molecule has 0 N–H and O–H groups in total. The van der Waals surface area contributed by atoms with E-state index in [9.17, 15) is 4.79 Å². The van der Waals surface area contributed by atoms with Gasteiger partial charge in [-0.2, -0.15) is 0 Å². The molecule has 2 aliphatic rings. The van der Waals surface area contributed by atoms with Gasteiger partial charge in [0, 0.05) is 35.5 Å². The molecule has 3 heteroatoms. The van der Waals surface area contributed by atoms with Gasteiger partial charge in [0.15, 0.2) is 0 Å². The predicted molar refractivity (Wildman–Crippen MR) is 160 cm³/mol. The molecule has 1 saturated carbocycles. The Hall–Kier alpha value is -4.63. The third kappa shape index (κ3) is 5.21. The molecule has 0 amide bonds. The number of nitrogens with zero attached hydrogens (tertiary/aromatic N) is 1. The molecular weight excluding hydrogens is 478 g/mol. The molecular formula is C36H31NO2. The molecule has 1 heterocycles. The van der Waals surface area contributed by atoms with Crippen molar-refractivity contribution in [1.82, 2.24) is 0 Å². The quantitative estimate of drug-likeness (QED) is 0.108. The summed E-state index contributed by atoms with van der Waals surface area (Å²) in [5.41, 5.74) is 8.72. The summed E-state index contributed by atoms with van der Waals surface area (Å²) in [6.45, 7) is 3.44. The number of carbonyl (C=O) groups is 1. The molecule has 3 nitrogen and oxygen atoms in total. The first-order valence-corrected chi connectivity index (χ1v) is 13.6. The van der Waals surface area contributed by atoms with Crippen LogP contribution in [-0.2, 0) is 4.79 Å². The van der Waals surface area contributed by atoms with Gasteiger partial charge >= 0.3 is 5.97 Å². The SMILES string of the molecule is C=CC(=O)Oc1ccc(C=Cc2ccc3c(c2)C2CCCC2N3C=C(c2ccccc2)c2ccccc2)cc1. The van der Waals surface area contributed by atoms with Crippen LogP contribution in [0.2, 0.25) is 0 Å². The second-order valence-corrected chi connectivity index (χ2v) is 10.1. The van der Waals surface area contributed by atoms with Crippen LogP contribution in [0.3, 0.4) is 0 Å². The van der Waals surface area contributed by atoms with Gasteiger partial charge in [0.25, 0.3) is 0 Å². The third-order valence-electron chi connectivity index (χ3n) is 7.74. The normalized spacial score (nSPS) is 17.5. The van der Waals surface area contributed by atoms with Crippen molar-refractivity contribution in [3.63, 3.8) is 0 Å². The number of anilines is 1. The monoisotopic (exact) mass is 509 g/mol. The van der Waals surface area contributed by atoms with E-state index in [2.05, 4.69) is 109 Å². The van der Waals surface area contributed by atoms with Crippen molar-refractivity contribution in [3.05, 3.63) is 150 Å². The molecule has 2 atom stereocenters. The summed E-state index contributed by atoms with van der Waals surface area (Å²) in [5.74, 6) is 0.613. The van der Waals surface area contributed by atoms with E-state index in [4.69, 9.17) is 4.74 Å². The molecule has 0 aromatic heterocycles. The fourth-order valence-corrected chi connectivity index (χ4v) is 5.88.